The van der Waals surface area contributed by atoms with Crippen molar-refractivity contribution in [2.75, 3.05) is 19.6 Å². The summed E-state index contributed by atoms with van der Waals surface area (Å²) in [6, 6.07) is 5.56. The lowest BCUT2D eigenvalue weighted by molar-refractivity contribution is -0.158. The summed E-state index contributed by atoms with van der Waals surface area (Å²) >= 11 is 8.01. The molecule has 0 radical (unpaired) electrons. The highest BCUT2D eigenvalue weighted by Crippen LogP contribution is 2.59. The number of carbonyl (C=O) groups is 2. The van der Waals surface area contributed by atoms with Gasteiger partial charge in [0.1, 0.15) is 10.3 Å². The molecule has 2 N–H and O–H groups in total. The lowest BCUT2D eigenvalue weighted by atomic mass is 9.49. The molecule has 1 amide bonds. The Balaban J connectivity index is 1.30. The van der Waals surface area contributed by atoms with E-state index in [2.05, 4.69) is 10.6 Å². The lowest BCUT2D eigenvalue weighted by Gasteiger charge is -2.56. The molecule has 0 aromatic heterocycles. The molecule has 5 aliphatic rings. The number of nitrogens with one attached hydrogen (secondary N) is 2. The third-order valence-corrected chi connectivity index (χ3v) is 10.3. The van der Waals surface area contributed by atoms with E-state index in [1.165, 1.54) is 50.3 Å². The Morgan fingerprint density at radius 3 is 2.26 bits per heavy atom. The summed E-state index contributed by atoms with van der Waals surface area (Å²) in [4.78, 5) is 27.4. The quantitative estimate of drug-likeness (QED) is 0.463. The molecule has 1 aromatic carbocycles. The molecule has 4 aliphatic carbocycles. The van der Waals surface area contributed by atoms with Crippen LogP contribution in [0, 0.1) is 23.2 Å². The second kappa shape index (κ2) is 9.57. The van der Waals surface area contributed by atoms with Crippen molar-refractivity contribution in [3.63, 3.8) is 0 Å². The van der Waals surface area contributed by atoms with Crippen molar-refractivity contribution in [1.29, 1.82) is 0 Å². The number of hydrogen-bond donors (Lipinski definition) is 2. The first-order valence-electron chi connectivity index (χ1n) is 13.3. The van der Waals surface area contributed by atoms with Crippen LogP contribution in [0.4, 0.5) is 0 Å². The van der Waals surface area contributed by atoms with Crippen molar-refractivity contribution >= 4 is 35.2 Å². The Morgan fingerprint density at radius 2 is 1.69 bits per heavy atom. The van der Waals surface area contributed by atoms with Crippen molar-refractivity contribution < 1.29 is 14.3 Å². The minimum absolute atomic E-state index is 0.107. The normalized spacial score (nSPS) is 31.3. The predicted molar refractivity (Wildman–Crippen MR) is 141 cm³/mol. The summed E-state index contributed by atoms with van der Waals surface area (Å²) in [5.74, 6) is 2.28. The van der Waals surface area contributed by atoms with Crippen molar-refractivity contribution in [1.82, 2.24) is 10.6 Å². The summed E-state index contributed by atoms with van der Waals surface area (Å²) in [6.07, 6.45) is 9.33. The van der Waals surface area contributed by atoms with Crippen LogP contribution in [0.1, 0.15) is 82.5 Å². The van der Waals surface area contributed by atoms with E-state index in [4.69, 9.17) is 16.3 Å². The largest absolute Gasteiger partial charge is 0.459 e. The summed E-state index contributed by atoms with van der Waals surface area (Å²) in [5, 5.41) is 7.06. The van der Waals surface area contributed by atoms with Gasteiger partial charge in [0, 0.05) is 11.4 Å². The van der Waals surface area contributed by atoms with Gasteiger partial charge in [-0.15, -0.1) is 11.8 Å². The molecule has 0 unspecified atom stereocenters. The Bertz CT molecular complexity index is 948. The van der Waals surface area contributed by atoms with Crippen LogP contribution in [0.5, 0.6) is 0 Å². The molecule has 4 saturated carbocycles. The first-order chi connectivity index (χ1) is 16.5. The number of carbonyl (C=O) groups excluding carboxylic acids is 2. The minimum atomic E-state index is -0.667. The maximum absolute atomic E-state index is 13.3. The zero-order valence-corrected chi connectivity index (χ0v) is 22.8. The van der Waals surface area contributed by atoms with Gasteiger partial charge in [0.05, 0.1) is 10.6 Å². The maximum Gasteiger partial charge on any atom is 0.323 e. The molecule has 0 atom stereocenters. The van der Waals surface area contributed by atoms with Crippen molar-refractivity contribution in [3.8, 4) is 0 Å². The van der Waals surface area contributed by atoms with Gasteiger partial charge in [0.15, 0.2) is 0 Å². The molecule has 35 heavy (non-hydrogen) atoms. The van der Waals surface area contributed by atoms with Gasteiger partial charge in [-0.3, -0.25) is 9.59 Å². The van der Waals surface area contributed by atoms with Crippen LogP contribution >= 0.6 is 23.4 Å². The van der Waals surface area contributed by atoms with Crippen molar-refractivity contribution in [3.05, 3.63) is 28.8 Å². The highest BCUT2D eigenvalue weighted by Gasteiger charge is 2.51. The van der Waals surface area contributed by atoms with Crippen LogP contribution in [0.15, 0.2) is 23.1 Å². The van der Waals surface area contributed by atoms with E-state index in [0.29, 0.717) is 23.4 Å². The molecule has 5 nitrogen and oxygen atoms in total. The number of hydrogen-bond acceptors (Lipinski definition) is 5. The fourth-order valence-electron chi connectivity index (χ4n) is 7.39. The number of piperidine rings is 1. The second-order valence-corrected chi connectivity index (χ2v) is 14.5. The molecule has 1 heterocycles. The van der Waals surface area contributed by atoms with Crippen LogP contribution < -0.4 is 10.6 Å². The van der Waals surface area contributed by atoms with Gasteiger partial charge in [0.2, 0.25) is 0 Å². The third-order valence-electron chi connectivity index (χ3n) is 8.47. The van der Waals surface area contributed by atoms with E-state index >= 15 is 0 Å². The van der Waals surface area contributed by atoms with E-state index in [1.807, 2.05) is 32.9 Å². The van der Waals surface area contributed by atoms with Gasteiger partial charge >= 0.3 is 5.97 Å². The van der Waals surface area contributed by atoms with Gasteiger partial charge in [-0.2, -0.15) is 0 Å². The Labute approximate surface area is 218 Å². The lowest BCUT2D eigenvalue weighted by Crippen LogP contribution is -2.51. The van der Waals surface area contributed by atoms with E-state index in [1.54, 1.807) is 6.07 Å². The van der Waals surface area contributed by atoms with E-state index in [-0.39, 0.29) is 17.3 Å². The topological polar surface area (TPSA) is 67.4 Å². The smallest absolute Gasteiger partial charge is 0.323 e. The first kappa shape index (κ1) is 25.4. The van der Waals surface area contributed by atoms with Gasteiger partial charge in [-0.1, -0.05) is 11.6 Å². The van der Waals surface area contributed by atoms with Crippen LogP contribution in [0.25, 0.3) is 0 Å². The Morgan fingerprint density at radius 1 is 1.09 bits per heavy atom. The molecular formula is C28H39ClN2O3S. The molecule has 0 spiro atoms. The van der Waals surface area contributed by atoms with Crippen LogP contribution in [0.2, 0.25) is 5.02 Å². The molecule has 6 rings (SSSR count). The summed E-state index contributed by atoms with van der Waals surface area (Å²) < 4.78 is 5.15. The Hall–Kier alpha value is -1.24. The standard InChI is InChI=1S/C28H39ClN2O3S/c1-26(2,3)34-25(33)28(6-8-30-9-7-28)35-21-4-5-23(29)22(13-21)24(32)31-17-27-14-18-10-19(15-27)12-20(11-18)16-27/h4-5,13,18-20,30H,6-12,14-17H2,1-3H3,(H,31,32). The third kappa shape index (κ3) is 5.55. The molecule has 5 fully saturated rings. The summed E-state index contributed by atoms with van der Waals surface area (Å²) in [5.41, 5.74) is 0.228. The second-order valence-electron chi connectivity index (χ2n) is 12.6. The fraction of sp³-hybridized carbons (Fsp3) is 0.714. The first-order valence-corrected chi connectivity index (χ1v) is 14.5. The summed E-state index contributed by atoms with van der Waals surface area (Å²) in [6.45, 7) is 7.98. The van der Waals surface area contributed by atoms with Gasteiger partial charge in [-0.25, -0.2) is 0 Å². The van der Waals surface area contributed by atoms with Gasteiger partial charge < -0.3 is 15.4 Å². The number of thioether (sulfide) groups is 1. The molecule has 4 bridgehead atoms. The monoisotopic (exact) mass is 518 g/mol. The van der Waals surface area contributed by atoms with Gasteiger partial charge in [-0.05, 0) is 127 Å². The molecule has 7 heteroatoms. The molecule has 192 valence electrons. The number of ether oxygens (including phenoxy) is 1. The van der Waals surface area contributed by atoms with E-state index < -0.39 is 10.3 Å². The SMILES string of the molecule is CC(C)(C)OC(=O)C1(Sc2ccc(Cl)c(C(=O)NCC34CC5CC(CC(C5)C3)C4)c2)CCNCC1. The molecular weight excluding hydrogens is 480 g/mol. The van der Waals surface area contributed by atoms with Crippen molar-refractivity contribution in [2.24, 2.45) is 23.2 Å². The molecule has 1 aromatic rings. The maximum atomic E-state index is 13.3. The van der Waals surface area contributed by atoms with Crippen LogP contribution in [-0.2, 0) is 9.53 Å². The van der Waals surface area contributed by atoms with Crippen LogP contribution in [0.3, 0.4) is 0 Å². The zero-order chi connectivity index (χ0) is 24.8. The van der Waals surface area contributed by atoms with Crippen LogP contribution in [-0.4, -0.2) is 41.9 Å². The van der Waals surface area contributed by atoms with Gasteiger partial charge in [0.25, 0.3) is 5.91 Å². The number of rotatable bonds is 6. The number of benzene rings is 1. The van der Waals surface area contributed by atoms with Crippen molar-refractivity contribution in [2.45, 2.75) is 87.4 Å². The Kier molecular flexibility index (Phi) is 6.95. The number of esters is 1. The number of amides is 1. The van der Waals surface area contributed by atoms with E-state index in [9.17, 15) is 9.59 Å². The van der Waals surface area contributed by atoms with E-state index in [0.717, 1.165) is 42.3 Å². The highest BCUT2D eigenvalue weighted by atomic mass is 35.5. The predicted octanol–water partition coefficient (Wildman–Crippen LogP) is 5.84. The molecule has 1 saturated heterocycles. The highest BCUT2D eigenvalue weighted by molar-refractivity contribution is 8.01. The average Bonchev–Trinajstić information content (AvgIpc) is 2.77. The zero-order valence-electron chi connectivity index (χ0n) is 21.3. The average molecular weight is 519 g/mol. The minimum Gasteiger partial charge on any atom is -0.459 e. The fourth-order valence-corrected chi connectivity index (χ4v) is 8.89. The number of halogens is 1. The summed E-state index contributed by atoms with van der Waals surface area (Å²) in [7, 11) is 0. The molecule has 1 aliphatic heterocycles.